The van der Waals surface area contributed by atoms with Crippen molar-refractivity contribution in [2.45, 2.75) is 0 Å². The molecule has 98 valence electrons. The summed E-state index contributed by atoms with van der Waals surface area (Å²) in [6.07, 6.45) is 10.8. The van der Waals surface area contributed by atoms with Gasteiger partial charge >= 0.3 is 0 Å². The predicted octanol–water partition coefficient (Wildman–Crippen LogP) is 3.22. The molecule has 0 saturated carbocycles. The average molecular weight is 280 g/mol. The third-order valence-corrected chi connectivity index (χ3v) is 3.98. The molecule has 1 aliphatic heterocycles. The van der Waals surface area contributed by atoms with Gasteiger partial charge in [-0.1, -0.05) is 12.1 Å². The van der Waals surface area contributed by atoms with Gasteiger partial charge < -0.3 is 0 Å². The summed E-state index contributed by atoms with van der Waals surface area (Å²) in [7, 11) is 0. The molecule has 0 amide bonds. The molecule has 0 unspecified atom stereocenters. The Morgan fingerprint density at radius 1 is 1.00 bits per heavy atom. The summed E-state index contributed by atoms with van der Waals surface area (Å²) < 4.78 is 0. The van der Waals surface area contributed by atoms with Gasteiger partial charge in [0, 0.05) is 36.1 Å². The molecule has 0 atom stereocenters. The van der Waals surface area contributed by atoms with Gasteiger partial charge in [-0.25, -0.2) is 0 Å². The largest absolute Gasteiger partial charge is 0.288 e. The summed E-state index contributed by atoms with van der Waals surface area (Å²) in [6, 6.07) is 7.62. The minimum atomic E-state index is 0.0997. The molecular weight excluding hydrogens is 268 g/mol. The summed E-state index contributed by atoms with van der Waals surface area (Å²) in [4.78, 5) is 21.2. The highest BCUT2D eigenvalue weighted by molar-refractivity contribution is 8.05. The number of pyridine rings is 2. The van der Waals surface area contributed by atoms with Crippen LogP contribution in [0.15, 0.2) is 59.5 Å². The lowest BCUT2D eigenvalue weighted by Gasteiger charge is -1.96. The molecule has 3 heterocycles. The molecule has 0 aromatic carbocycles. The third kappa shape index (κ3) is 2.86. The summed E-state index contributed by atoms with van der Waals surface area (Å²) in [5, 5.41) is 0. The van der Waals surface area contributed by atoms with E-state index in [2.05, 4.69) is 9.97 Å². The van der Waals surface area contributed by atoms with Gasteiger partial charge in [-0.3, -0.25) is 14.8 Å². The van der Waals surface area contributed by atoms with E-state index in [1.54, 1.807) is 36.5 Å². The van der Waals surface area contributed by atoms with Crippen LogP contribution in [0.4, 0.5) is 0 Å². The zero-order chi connectivity index (χ0) is 13.8. The normalized spacial score (nSPS) is 18.9. The van der Waals surface area contributed by atoms with Crippen molar-refractivity contribution in [3.63, 3.8) is 0 Å². The number of nitrogens with zero attached hydrogens (tertiary/aromatic N) is 2. The number of thioether (sulfide) groups is 1. The lowest BCUT2D eigenvalue weighted by Crippen LogP contribution is -1.96. The van der Waals surface area contributed by atoms with Gasteiger partial charge in [0.1, 0.15) is 0 Å². The van der Waals surface area contributed by atoms with Crippen molar-refractivity contribution in [3.05, 3.63) is 70.7 Å². The number of hydrogen-bond donors (Lipinski definition) is 0. The number of hydrogen-bond acceptors (Lipinski definition) is 4. The van der Waals surface area contributed by atoms with Crippen LogP contribution in [0.3, 0.4) is 0 Å². The summed E-state index contributed by atoms with van der Waals surface area (Å²) >= 11 is 1.57. The van der Waals surface area contributed by atoms with Gasteiger partial charge in [-0.2, -0.15) is 0 Å². The minimum absolute atomic E-state index is 0.0997. The predicted molar refractivity (Wildman–Crippen MR) is 81.9 cm³/mol. The molecule has 4 heteroatoms. The van der Waals surface area contributed by atoms with Crippen molar-refractivity contribution >= 4 is 29.7 Å². The molecule has 2 aromatic rings. The monoisotopic (exact) mass is 280 g/mol. The molecule has 3 rings (SSSR count). The topological polar surface area (TPSA) is 42.9 Å². The van der Waals surface area contributed by atoms with Crippen molar-refractivity contribution in [1.29, 1.82) is 0 Å². The summed E-state index contributed by atoms with van der Waals surface area (Å²) in [6.45, 7) is 0. The van der Waals surface area contributed by atoms with E-state index >= 15 is 0 Å². The van der Waals surface area contributed by atoms with E-state index in [0.29, 0.717) is 5.75 Å². The van der Waals surface area contributed by atoms with E-state index in [-0.39, 0.29) is 5.78 Å². The Balaban J connectivity index is 1.85. The third-order valence-electron chi connectivity index (χ3n) is 2.91. The number of ketones is 1. The maximum atomic E-state index is 12.3. The van der Waals surface area contributed by atoms with Gasteiger partial charge in [0.05, 0.1) is 4.91 Å². The van der Waals surface area contributed by atoms with Gasteiger partial charge in [0.25, 0.3) is 0 Å². The highest BCUT2D eigenvalue weighted by atomic mass is 32.2. The number of carbonyl (C=O) groups is 1. The molecule has 2 aromatic heterocycles. The second kappa shape index (κ2) is 5.84. The quantitative estimate of drug-likeness (QED) is 0.792. The molecule has 0 spiro atoms. The fraction of sp³-hybridized carbons (Fsp3) is 0.0625. The summed E-state index contributed by atoms with van der Waals surface area (Å²) in [5.74, 6) is 0.808. The molecule has 0 bridgehead atoms. The Morgan fingerprint density at radius 3 is 2.25 bits per heavy atom. The van der Waals surface area contributed by atoms with E-state index in [1.165, 1.54) is 0 Å². The Labute approximate surface area is 121 Å². The Bertz CT molecular complexity index is 619. The molecule has 1 saturated heterocycles. The fourth-order valence-electron chi connectivity index (χ4n) is 1.93. The van der Waals surface area contributed by atoms with E-state index in [9.17, 15) is 4.79 Å². The average Bonchev–Trinajstić information content (AvgIpc) is 2.83. The fourth-order valence-corrected chi connectivity index (χ4v) is 2.94. The van der Waals surface area contributed by atoms with Crippen LogP contribution in [-0.2, 0) is 4.79 Å². The van der Waals surface area contributed by atoms with Crippen LogP contribution >= 0.6 is 11.8 Å². The highest BCUT2D eigenvalue weighted by Crippen LogP contribution is 2.33. The number of carbonyl (C=O) groups excluding carboxylic acids is 1. The first-order valence-electron chi connectivity index (χ1n) is 6.23. The molecule has 1 fully saturated rings. The maximum Gasteiger partial charge on any atom is 0.196 e. The lowest BCUT2D eigenvalue weighted by atomic mass is 10.1. The Morgan fingerprint density at radius 2 is 1.65 bits per heavy atom. The van der Waals surface area contributed by atoms with Crippen molar-refractivity contribution in [2.75, 3.05) is 5.75 Å². The van der Waals surface area contributed by atoms with Crippen molar-refractivity contribution in [3.8, 4) is 0 Å². The molecule has 0 aliphatic carbocycles. The van der Waals surface area contributed by atoms with Crippen molar-refractivity contribution in [1.82, 2.24) is 9.97 Å². The maximum absolute atomic E-state index is 12.3. The van der Waals surface area contributed by atoms with Crippen LogP contribution in [0.5, 0.6) is 0 Å². The van der Waals surface area contributed by atoms with Crippen LogP contribution in [0.2, 0.25) is 0 Å². The standard InChI is InChI=1S/C16H12N2OS/c19-16-14(7-12-3-1-5-17-9-12)11-20-15(16)8-13-4-2-6-18-10-13/h1-10H,11H2. The molecule has 20 heavy (non-hydrogen) atoms. The second-order valence-electron chi connectivity index (χ2n) is 4.37. The summed E-state index contributed by atoms with van der Waals surface area (Å²) in [5.41, 5.74) is 2.73. The van der Waals surface area contributed by atoms with Gasteiger partial charge in [0.15, 0.2) is 5.78 Å². The van der Waals surface area contributed by atoms with Crippen molar-refractivity contribution < 1.29 is 4.79 Å². The van der Waals surface area contributed by atoms with Gasteiger partial charge in [-0.05, 0) is 35.4 Å². The number of allylic oxidation sites excluding steroid dienone is 1. The molecular formula is C16H12N2OS. The smallest absolute Gasteiger partial charge is 0.196 e. The van der Waals surface area contributed by atoms with Gasteiger partial charge in [0.2, 0.25) is 0 Å². The van der Waals surface area contributed by atoms with E-state index in [4.69, 9.17) is 0 Å². The van der Waals surface area contributed by atoms with Crippen molar-refractivity contribution in [2.24, 2.45) is 0 Å². The number of Topliss-reactive ketones (excluding diaryl/α,β-unsaturated/α-hetero) is 1. The Hall–Kier alpha value is -2.20. The Kier molecular flexibility index (Phi) is 3.74. The zero-order valence-corrected chi connectivity index (χ0v) is 11.5. The minimum Gasteiger partial charge on any atom is -0.288 e. The molecule has 3 nitrogen and oxygen atoms in total. The van der Waals surface area contributed by atoms with Crippen LogP contribution in [0.25, 0.3) is 12.2 Å². The highest BCUT2D eigenvalue weighted by Gasteiger charge is 2.23. The molecule has 0 radical (unpaired) electrons. The van der Waals surface area contributed by atoms with Crippen LogP contribution in [0, 0.1) is 0 Å². The number of aromatic nitrogens is 2. The number of rotatable bonds is 2. The van der Waals surface area contributed by atoms with E-state index < -0.39 is 0 Å². The van der Waals surface area contributed by atoms with Crippen LogP contribution in [0.1, 0.15) is 11.1 Å². The van der Waals surface area contributed by atoms with Crippen LogP contribution < -0.4 is 0 Å². The first kappa shape index (κ1) is 12.8. The molecule has 1 aliphatic rings. The zero-order valence-electron chi connectivity index (χ0n) is 10.7. The first-order chi connectivity index (χ1) is 9.83. The van der Waals surface area contributed by atoms with Crippen LogP contribution in [-0.4, -0.2) is 21.5 Å². The second-order valence-corrected chi connectivity index (χ2v) is 5.39. The van der Waals surface area contributed by atoms with Gasteiger partial charge in [-0.15, -0.1) is 11.8 Å². The SMILES string of the molecule is O=C1C(=Cc2cccnc2)CSC1=Cc1cccnc1. The molecule has 0 N–H and O–H groups in total. The van der Waals surface area contributed by atoms with E-state index in [0.717, 1.165) is 21.6 Å². The van der Waals surface area contributed by atoms with E-state index in [1.807, 2.05) is 36.4 Å². The first-order valence-corrected chi connectivity index (χ1v) is 7.21. The lowest BCUT2D eigenvalue weighted by molar-refractivity contribution is -0.111.